The number of aryl methyl sites for hydroxylation is 2. The summed E-state index contributed by atoms with van der Waals surface area (Å²) in [6.07, 6.45) is 0.391. The van der Waals surface area contributed by atoms with Crippen LogP contribution >= 0.6 is 0 Å². The average molecular weight is 244 g/mol. The summed E-state index contributed by atoms with van der Waals surface area (Å²) in [7, 11) is 0. The van der Waals surface area contributed by atoms with Crippen molar-refractivity contribution in [2.24, 2.45) is 0 Å². The first-order valence-corrected chi connectivity index (χ1v) is 6.13. The predicted octanol–water partition coefficient (Wildman–Crippen LogP) is 2.80. The summed E-state index contributed by atoms with van der Waals surface area (Å²) in [5.41, 5.74) is 3.12. The van der Waals surface area contributed by atoms with Gasteiger partial charge in [-0.3, -0.25) is 4.90 Å². The third-order valence-electron chi connectivity index (χ3n) is 3.19. The first kappa shape index (κ1) is 12.4. The van der Waals surface area contributed by atoms with Gasteiger partial charge >= 0.3 is 6.09 Å². The van der Waals surface area contributed by atoms with Crippen LogP contribution in [0.25, 0.3) is 0 Å². The molecule has 0 radical (unpaired) electrons. The second-order valence-electron chi connectivity index (χ2n) is 4.38. The quantitative estimate of drug-likeness (QED) is 0.803. The maximum Gasteiger partial charge on any atom is 0.415 e. The Labute approximate surface area is 107 Å². The second-order valence-corrected chi connectivity index (χ2v) is 4.38. The molecule has 0 N–H and O–H groups in total. The SMILES string of the molecule is CCc1cccc(C)c1N1CCC(C#N)OC1=O. The van der Waals surface area contributed by atoms with Crippen molar-refractivity contribution in [3.05, 3.63) is 29.3 Å². The lowest BCUT2D eigenvalue weighted by Crippen LogP contribution is -2.42. The van der Waals surface area contributed by atoms with Crippen molar-refractivity contribution in [1.82, 2.24) is 0 Å². The van der Waals surface area contributed by atoms with E-state index >= 15 is 0 Å². The van der Waals surface area contributed by atoms with Gasteiger partial charge in [-0.2, -0.15) is 5.26 Å². The number of hydrogen-bond acceptors (Lipinski definition) is 3. The van der Waals surface area contributed by atoms with Crippen molar-refractivity contribution in [3.8, 4) is 6.07 Å². The van der Waals surface area contributed by atoms with Gasteiger partial charge in [0.1, 0.15) is 6.07 Å². The maximum atomic E-state index is 11.9. The summed E-state index contributed by atoms with van der Waals surface area (Å²) in [5, 5.41) is 8.78. The zero-order valence-corrected chi connectivity index (χ0v) is 10.6. The van der Waals surface area contributed by atoms with E-state index in [-0.39, 0.29) is 0 Å². The minimum absolute atomic E-state index is 0.420. The van der Waals surface area contributed by atoms with Gasteiger partial charge in [0.25, 0.3) is 0 Å². The number of nitriles is 1. The molecule has 1 heterocycles. The fourth-order valence-corrected chi connectivity index (χ4v) is 2.27. The molecule has 4 heteroatoms. The molecule has 4 nitrogen and oxygen atoms in total. The summed E-state index contributed by atoms with van der Waals surface area (Å²) >= 11 is 0. The predicted molar refractivity (Wildman–Crippen MR) is 68.4 cm³/mol. The number of cyclic esters (lactones) is 1. The van der Waals surface area contributed by atoms with Crippen LogP contribution in [0.3, 0.4) is 0 Å². The van der Waals surface area contributed by atoms with Gasteiger partial charge in [-0.1, -0.05) is 25.1 Å². The summed E-state index contributed by atoms with van der Waals surface area (Å²) in [4.78, 5) is 13.6. The molecular weight excluding hydrogens is 228 g/mol. The zero-order valence-electron chi connectivity index (χ0n) is 10.6. The van der Waals surface area contributed by atoms with Crippen molar-refractivity contribution in [3.63, 3.8) is 0 Å². The molecule has 0 aromatic heterocycles. The third-order valence-corrected chi connectivity index (χ3v) is 3.19. The van der Waals surface area contributed by atoms with Crippen LogP contribution in [-0.4, -0.2) is 18.7 Å². The fraction of sp³-hybridized carbons (Fsp3) is 0.429. The van der Waals surface area contributed by atoms with Crippen molar-refractivity contribution >= 4 is 11.8 Å². The van der Waals surface area contributed by atoms with E-state index < -0.39 is 12.2 Å². The Kier molecular flexibility index (Phi) is 3.52. The highest BCUT2D eigenvalue weighted by molar-refractivity contribution is 5.90. The summed E-state index contributed by atoms with van der Waals surface area (Å²) in [6, 6.07) is 7.98. The highest BCUT2D eigenvalue weighted by Crippen LogP contribution is 2.28. The molecule has 1 unspecified atom stereocenters. The van der Waals surface area contributed by atoms with Crippen LogP contribution in [0.5, 0.6) is 0 Å². The number of carbonyl (C=O) groups is 1. The average Bonchev–Trinajstić information content (AvgIpc) is 2.39. The molecule has 18 heavy (non-hydrogen) atoms. The molecule has 0 aliphatic carbocycles. The first-order valence-electron chi connectivity index (χ1n) is 6.13. The van der Waals surface area contributed by atoms with Crippen LogP contribution in [0, 0.1) is 18.3 Å². The Morgan fingerprint density at radius 2 is 2.33 bits per heavy atom. The van der Waals surface area contributed by atoms with Gasteiger partial charge in [0.2, 0.25) is 0 Å². The molecule has 94 valence electrons. The van der Waals surface area contributed by atoms with Crippen LogP contribution in [0.4, 0.5) is 10.5 Å². The van der Waals surface area contributed by atoms with E-state index in [0.29, 0.717) is 13.0 Å². The number of carbonyl (C=O) groups excluding carboxylic acids is 1. The first-order chi connectivity index (χ1) is 8.67. The largest absolute Gasteiger partial charge is 0.430 e. The van der Waals surface area contributed by atoms with E-state index in [4.69, 9.17) is 10.00 Å². The van der Waals surface area contributed by atoms with Crippen LogP contribution in [-0.2, 0) is 11.2 Å². The highest BCUT2D eigenvalue weighted by Gasteiger charge is 2.29. The Bertz CT molecular complexity index is 505. The van der Waals surface area contributed by atoms with E-state index in [9.17, 15) is 4.79 Å². The Morgan fingerprint density at radius 3 is 2.94 bits per heavy atom. The van der Waals surface area contributed by atoms with Gasteiger partial charge in [-0.25, -0.2) is 4.79 Å². The number of anilines is 1. The van der Waals surface area contributed by atoms with Gasteiger partial charge in [0, 0.05) is 13.0 Å². The fourth-order valence-electron chi connectivity index (χ4n) is 2.27. The number of hydrogen-bond donors (Lipinski definition) is 0. The number of nitrogens with zero attached hydrogens (tertiary/aromatic N) is 2. The van der Waals surface area contributed by atoms with Gasteiger partial charge in [-0.15, -0.1) is 0 Å². The lowest BCUT2D eigenvalue weighted by atomic mass is 10.0. The number of para-hydroxylation sites is 1. The molecule has 0 bridgehead atoms. The van der Waals surface area contributed by atoms with Gasteiger partial charge < -0.3 is 4.74 Å². The number of ether oxygens (including phenoxy) is 1. The zero-order chi connectivity index (χ0) is 13.1. The van der Waals surface area contributed by atoms with E-state index in [1.807, 2.05) is 31.2 Å². The molecule has 0 saturated carbocycles. The number of benzene rings is 1. The van der Waals surface area contributed by atoms with E-state index in [0.717, 1.165) is 23.2 Å². The Morgan fingerprint density at radius 1 is 1.56 bits per heavy atom. The molecule has 2 rings (SSSR count). The molecule has 1 aliphatic heterocycles. The summed E-state index contributed by atoms with van der Waals surface area (Å²) in [5.74, 6) is 0. The van der Waals surface area contributed by atoms with E-state index in [1.54, 1.807) is 4.90 Å². The molecule has 1 fully saturated rings. The van der Waals surface area contributed by atoms with Gasteiger partial charge in [0.15, 0.2) is 6.10 Å². The molecule has 0 spiro atoms. The van der Waals surface area contributed by atoms with Crippen LogP contribution < -0.4 is 4.90 Å². The molecule has 1 amide bonds. The molecule has 1 aromatic rings. The van der Waals surface area contributed by atoms with E-state index in [1.165, 1.54) is 0 Å². The number of amides is 1. The lowest BCUT2D eigenvalue weighted by molar-refractivity contribution is 0.111. The Balaban J connectivity index is 2.33. The Hall–Kier alpha value is -2.02. The van der Waals surface area contributed by atoms with Crippen molar-refractivity contribution in [1.29, 1.82) is 5.26 Å². The monoisotopic (exact) mass is 244 g/mol. The second kappa shape index (κ2) is 5.09. The minimum Gasteiger partial charge on any atom is -0.430 e. The standard InChI is InChI=1S/C14H16N2O2/c1-3-11-6-4-5-10(2)13(11)16-8-7-12(9-15)18-14(16)17/h4-6,12H,3,7-8H2,1-2H3. The molecular formula is C14H16N2O2. The van der Waals surface area contributed by atoms with Crippen LogP contribution in [0.1, 0.15) is 24.5 Å². The molecule has 1 aromatic carbocycles. The smallest absolute Gasteiger partial charge is 0.415 e. The normalized spacial score (nSPS) is 19.3. The number of rotatable bonds is 2. The third kappa shape index (κ3) is 2.17. The van der Waals surface area contributed by atoms with Crippen molar-refractivity contribution in [2.45, 2.75) is 32.8 Å². The van der Waals surface area contributed by atoms with Crippen molar-refractivity contribution in [2.75, 3.05) is 11.4 Å². The van der Waals surface area contributed by atoms with Gasteiger partial charge in [0.05, 0.1) is 5.69 Å². The lowest BCUT2D eigenvalue weighted by Gasteiger charge is -2.31. The van der Waals surface area contributed by atoms with Gasteiger partial charge in [-0.05, 0) is 24.5 Å². The molecule has 1 saturated heterocycles. The maximum absolute atomic E-state index is 11.9. The topological polar surface area (TPSA) is 53.3 Å². The van der Waals surface area contributed by atoms with Crippen LogP contribution in [0.2, 0.25) is 0 Å². The molecule has 1 atom stereocenters. The molecule has 1 aliphatic rings. The van der Waals surface area contributed by atoms with Crippen molar-refractivity contribution < 1.29 is 9.53 Å². The van der Waals surface area contributed by atoms with E-state index in [2.05, 4.69) is 6.92 Å². The highest BCUT2D eigenvalue weighted by atomic mass is 16.6. The van der Waals surface area contributed by atoms with Crippen LogP contribution in [0.15, 0.2) is 18.2 Å². The summed E-state index contributed by atoms with van der Waals surface area (Å²) in [6.45, 7) is 4.58. The summed E-state index contributed by atoms with van der Waals surface area (Å²) < 4.78 is 5.08. The minimum atomic E-state index is -0.608.